The Morgan fingerprint density at radius 3 is 2.94 bits per heavy atom. The lowest BCUT2D eigenvalue weighted by Crippen LogP contribution is -2.36. The fourth-order valence-corrected chi connectivity index (χ4v) is 3.09. The van der Waals surface area contributed by atoms with Crippen molar-refractivity contribution in [1.82, 2.24) is 10.4 Å². The Labute approximate surface area is 104 Å². The van der Waals surface area contributed by atoms with Gasteiger partial charge in [-0.2, -0.15) is 0 Å². The molecule has 0 amide bonds. The van der Waals surface area contributed by atoms with Crippen molar-refractivity contribution in [3.8, 4) is 0 Å². The third-order valence-electron chi connectivity index (χ3n) is 4.01. The van der Waals surface area contributed by atoms with E-state index >= 15 is 0 Å². The fraction of sp³-hybridized carbons (Fsp3) is 0.643. The molecule has 1 heterocycles. The molecule has 3 atom stereocenters. The molecule has 1 aliphatic carbocycles. The van der Waals surface area contributed by atoms with Gasteiger partial charge in [0.2, 0.25) is 0 Å². The van der Waals surface area contributed by atoms with E-state index in [0.29, 0.717) is 5.92 Å². The molecule has 3 heteroatoms. The maximum atomic E-state index is 5.77. The van der Waals surface area contributed by atoms with Crippen LogP contribution in [0.3, 0.4) is 0 Å². The highest BCUT2D eigenvalue weighted by atomic mass is 15.2. The second-order valence-corrected chi connectivity index (χ2v) is 5.35. The minimum Gasteiger partial charge on any atom is -0.271 e. The van der Waals surface area contributed by atoms with Crippen LogP contribution in [0.2, 0.25) is 0 Å². The van der Waals surface area contributed by atoms with Gasteiger partial charge in [0.15, 0.2) is 0 Å². The number of pyridine rings is 1. The topological polar surface area (TPSA) is 50.9 Å². The predicted molar refractivity (Wildman–Crippen MR) is 70.2 cm³/mol. The van der Waals surface area contributed by atoms with E-state index in [2.05, 4.69) is 30.3 Å². The Balaban J connectivity index is 2.18. The number of aromatic nitrogens is 1. The molecular formula is C14H23N3. The predicted octanol–water partition coefficient (Wildman–Crippen LogP) is 2.72. The van der Waals surface area contributed by atoms with Crippen LogP contribution in [0.15, 0.2) is 18.3 Å². The van der Waals surface area contributed by atoms with Crippen molar-refractivity contribution >= 4 is 0 Å². The van der Waals surface area contributed by atoms with Crippen molar-refractivity contribution in [1.29, 1.82) is 0 Å². The van der Waals surface area contributed by atoms with E-state index < -0.39 is 0 Å². The number of nitrogens with one attached hydrogen (secondary N) is 1. The number of hydrazine groups is 1. The van der Waals surface area contributed by atoms with Gasteiger partial charge in [0.25, 0.3) is 0 Å². The molecule has 0 radical (unpaired) electrons. The van der Waals surface area contributed by atoms with Crippen molar-refractivity contribution in [2.75, 3.05) is 0 Å². The summed E-state index contributed by atoms with van der Waals surface area (Å²) in [7, 11) is 0. The molecular weight excluding hydrogens is 210 g/mol. The summed E-state index contributed by atoms with van der Waals surface area (Å²) in [6.45, 7) is 4.40. The molecule has 3 N–H and O–H groups in total. The van der Waals surface area contributed by atoms with Crippen LogP contribution in [0, 0.1) is 18.8 Å². The maximum absolute atomic E-state index is 5.77. The minimum atomic E-state index is 0.256. The highest BCUT2D eigenvalue weighted by Crippen LogP contribution is 2.37. The molecule has 3 nitrogen and oxygen atoms in total. The molecule has 0 bridgehead atoms. The maximum Gasteiger partial charge on any atom is 0.0506 e. The van der Waals surface area contributed by atoms with Gasteiger partial charge in [-0.25, -0.2) is 0 Å². The average molecular weight is 233 g/mol. The zero-order valence-electron chi connectivity index (χ0n) is 10.8. The van der Waals surface area contributed by atoms with Crippen LogP contribution in [0.4, 0.5) is 0 Å². The standard InChI is InChI=1S/C14H23N3/c1-10-5-3-6-12(9-10)14(17-15)13-7-4-8-16-11(13)2/h4,7-8,10,12,14,17H,3,5-6,9,15H2,1-2H3. The first-order valence-corrected chi connectivity index (χ1v) is 6.60. The summed E-state index contributed by atoms with van der Waals surface area (Å²) >= 11 is 0. The normalized spacial score (nSPS) is 26.8. The number of hydrogen-bond acceptors (Lipinski definition) is 3. The van der Waals surface area contributed by atoms with Crippen molar-refractivity contribution in [2.45, 2.75) is 45.6 Å². The van der Waals surface area contributed by atoms with Crippen LogP contribution in [0.25, 0.3) is 0 Å². The first-order valence-electron chi connectivity index (χ1n) is 6.60. The molecule has 0 aromatic carbocycles. The van der Waals surface area contributed by atoms with Crippen LogP contribution in [0.1, 0.15) is 49.9 Å². The summed E-state index contributed by atoms with van der Waals surface area (Å²) < 4.78 is 0. The molecule has 0 saturated heterocycles. The van der Waals surface area contributed by atoms with Crippen molar-refractivity contribution in [3.05, 3.63) is 29.6 Å². The highest BCUT2D eigenvalue weighted by molar-refractivity contribution is 5.23. The Bertz CT molecular complexity index is 364. The number of aryl methyl sites for hydroxylation is 1. The molecule has 0 aliphatic heterocycles. The van der Waals surface area contributed by atoms with Crippen LogP contribution in [0.5, 0.6) is 0 Å². The van der Waals surface area contributed by atoms with E-state index in [4.69, 9.17) is 5.84 Å². The van der Waals surface area contributed by atoms with E-state index in [9.17, 15) is 0 Å². The SMILES string of the molecule is Cc1ncccc1C(NN)C1CCCC(C)C1. The van der Waals surface area contributed by atoms with Crippen LogP contribution in [-0.4, -0.2) is 4.98 Å². The summed E-state index contributed by atoms with van der Waals surface area (Å²) in [6, 6.07) is 4.40. The first kappa shape index (κ1) is 12.5. The zero-order chi connectivity index (χ0) is 12.3. The van der Waals surface area contributed by atoms with Gasteiger partial charge in [-0.3, -0.25) is 16.3 Å². The molecule has 1 aliphatic rings. The number of rotatable bonds is 3. The van der Waals surface area contributed by atoms with Gasteiger partial charge < -0.3 is 0 Å². The highest BCUT2D eigenvalue weighted by Gasteiger charge is 2.28. The van der Waals surface area contributed by atoms with Gasteiger partial charge in [0.05, 0.1) is 6.04 Å². The molecule has 94 valence electrons. The van der Waals surface area contributed by atoms with E-state index in [1.807, 2.05) is 12.3 Å². The lowest BCUT2D eigenvalue weighted by molar-refractivity contribution is 0.224. The molecule has 1 aromatic rings. The summed E-state index contributed by atoms with van der Waals surface area (Å²) in [6.07, 6.45) is 7.07. The van der Waals surface area contributed by atoms with E-state index in [-0.39, 0.29) is 6.04 Å². The van der Waals surface area contributed by atoms with Gasteiger partial charge in [-0.1, -0.05) is 25.8 Å². The second kappa shape index (κ2) is 5.61. The summed E-state index contributed by atoms with van der Waals surface area (Å²) in [5.41, 5.74) is 5.36. The number of nitrogens with two attached hydrogens (primary N) is 1. The van der Waals surface area contributed by atoms with Crippen molar-refractivity contribution < 1.29 is 0 Å². The van der Waals surface area contributed by atoms with Crippen molar-refractivity contribution in [3.63, 3.8) is 0 Å². The monoisotopic (exact) mass is 233 g/mol. The second-order valence-electron chi connectivity index (χ2n) is 5.35. The van der Waals surface area contributed by atoms with Crippen molar-refractivity contribution in [2.24, 2.45) is 17.7 Å². The van der Waals surface area contributed by atoms with Crippen LogP contribution < -0.4 is 11.3 Å². The third-order valence-corrected chi connectivity index (χ3v) is 4.01. The summed E-state index contributed by atoms with van der Waals surface area (Å²) in [4.78, 5) is 4.37. The van der Waals surface area contributed by atoms with E-state index in [0.717, 1.165) is 11.6 Å². The third kappa shape index (κ3) is 2.85. The largest absolute Gasteiger partial charge is 0.271 e. The van der Waals surface area contributed by atoms with Crippen LogP contribution in [-0.2, 0) is 0 Å². The molecule has 3 unspecified atom stereocenters. The molecule has 0 spiro atoms. The van der Waals surface area contributed by atoms with Gasteiger partial charge >= 0.3 is 0 Å². The molecule has 2 rings (SSSR count). The average Bonchev–Trinajstić information content (AvgIpc) is 2.33. The van der Waals surface area contributed by atoms with Gasteiger partial charge in [0.1, 0.15) is 0 Å². The number of hydrogen-bond donors (Lipinski definition) is 2. The molecule has 1 saturated carbocycles. The van der Waals surface area contributed by atoms with Gasteiger partial charge in [-0.15, -0.1) is 0 Å². The smallest absolute Gasteiger partial charge is 0.0506 e. The van der Waals surface area contributed by atoms with E-state index in [1.165, 1.54) is 31.2 Å². The molecule has 17 heavy (non-hydrogen) atoms. The summed E-state index contributed by atoms with van der Waals surface area (Å²) in [5, 5.41) is 0. The Morgan fingerprint density at radius 2 is 2.29 bits per heavy atom. The van der Waals surface area contributed by atoms with Gasteiger partial charge in [0, 0.05) is 11.9 Å². The van der Waals surface area contributed by atoms with E-state index in [1.54, 1.807) is 0 Å². The first-order chi connectivity index (χ1) is 8.22. The lowest BCUT2D eigenvalue weighted by Gasteiger charge is -2.33. The fourth-order valence-electron chi connectivity index (χ4n) is 3.09. The van der Waals surface area contributed by atoms with Gasteiger partial charge in [-0.05, 0) is 43.2 Å². The zero-order valence-corrected chi connectivity index (χ0v) is 10.8. The van der Waals surface area contributed by atoms with Crippen LogP contribution >= 0.6 is 0 Å². The number of nitrogens with zero attached hydrogens (tertiary/aromatic N) is 1. The quantitative estimate of drug-likeness (QED) is 0.623. The Morgan fingerprint density at radius 1 is 1.47 bits per heavy atom. The Kier molecular flexibility index (Phi) is 4.13. The lowest BCUT2D eigenvalue weighted by atomic mass is 9.76. The molecule has 1 aromatic heterocycles. The minimum absolute atomic E-state index is 0.256. The molecule has 1 fully saturated rings. The summed E-state index contributed by atoms with van der Waals surface area (Å²) in [5.74, 6) is 7.24. The Hall–Kier alpha value is -0.930.